The van der Waals surface area contributed by atoms with Crippen LogP contribution in [-0.4, -0.2) is 19.5 Å². The van der Waals surface area contributed by atoms with Gasteiger partial charge in [-0.15, -0.1) is 0 Å². The maximum atomic E-state index is 13.9. The van der Waals surface area contributed by atoms with Gasteiger partial charge in [-0.25, -0.2) is 0 Å². The van der Waals surface area contributed by atoms with Gasteiger partial charge in [-0.2, -0.15) is 13.2 Å². The van der Waals surface area contributed by atoms with Crippen LogP contribution >= 0.6 is 0 Å². The van der Waals surface area contributed by atoms with Crippen molar-refractivity contribution in [3.8, 4) is 5.75 Å². The number of hydrogen-bond acceptors (Lipinski definition) is 2. The van der Waals surface area contributed by atoms with Crippen molar-refractivity contribution >= 4 is 11.9 Å². The van der Waals surface area contributed by atoms with E-state index in [0.717, 1.165) is 11.8 Å². The van der Waals surface area contributed by atoms with Gasteiger partial charge in [0, 0.05) is 6.21 Å². The molecule has 0 N–H and O–H groups in total. The molecule has 1 aliphatic heterocycles. The zero-order chi connectivity index (χ0) is 16.7. The highest BCUT2D eigenvalue weighted by Gasteiger charge is 2.56. The minimum atomic E-state index is -4.44. The summed E-state index contributed by atoms with van der Waals surface area (Å²) in [7, 11) is 1.48. The van der Waals surface area contributed by atoms with E-state index >= 15 is 0 Å². The van der Waals surface area contributed by atoms with E-state index in [1.165, 1.54) is 19.2 Å². The first-order valence-electron chi connectivity index (χ1n) is 7.22. The van der Waals surface area contributed by atoms with Crippen molar-refractivity contribution in [1.29, 1.82) is 0 Å². The minimum Gasteiger partial charge on any atom is -0.497 e. The van der Waals surface area contributed by atoms with E-state index in [1.807, 2.05) is 13.0 Å². The van der Waals surface area contributed by atoms with Crippen molar-refractivity contribution in [3.63, 3.8) is 0 Å². The van der Waals surface area contributed by atoms with Crippen LogP contribution in [0.15, 0.2) is 47.5 Å². The van der Waals surface area contributed by atoms with Gasteiger partial charge in [0.2, 0.25) is 0 Å². The standard InChI is InChI=1S/C18H16F3NO/c1-12-3-8-16-13(9-12)10-17(11-22-16,18(19,20)21)14-4-6-15(23-2)7-5-14/h3-9,11H,10H2,1-2H3/t17-/m0/s1. The van der Waals surface area contributed by atoms with Crippen LogP contribution in [0, 0.1) is 6.92 Å². The van der Waals surface area contributed by atoms with Crippen molar-refractivity contribution in [2.45, 2.75) is 24.9 Å². The fourth-order valence-corrected chi connectivity index (χ4v) is 2.91. The maximum Gasteiger partial charge on any atom is 0.403 e. The fourth-order valence-electron chi connectivity index (χ4n) is 2.91. The number of nitrogens with zero attached hydrogens (tertiary/aromatic N) is 1. The summed E-state index contributed by atoms with van der Waals surface area (Å²) in [6.07, 6.45) is -3.55. The van der Waals surface area contributed by atoms with E-state index < -0.39 is 11.6 Å². The summed E-state index contributed by atoms with van der Waals surface area (Å²) < 4.78 is 46.8. The molecule has 3 rings (SSSR count). The van der Waals surface area contributed by atoms with Gasteiger partial charge in [0.15, 0.2) is 0 Å². The number of hydrogen-bond donors (Lipinski definition) is 0. The fraction of sp³-hybridized carbons (Fsp3) is 0.278. The molecule has 120 valence electrons. The number of rotatable bonds is 2. The van der Waals surface area contributed by atoms with Crippen molar-refractivity contribution < 1.29 is 17.9 Å². The summed E-state index contributed by atoms with van der Waals surface area (Å²) in [5.41, 5.74) is 0.193. The summed E-state index contributed by atoms with van der Waals surface area (Å²) in [6, 6.07) is 11.4. The molecule has 1 atom stereocenters. The van der Waals surface area contributed by atoms with E-state index in [1.54, 1.807) is 24.3 Å². The van der Waals surface area contributed by atoms with Crippen molar-refractivity contribution in [3.05, 3.63) is 59.2 Å². The lowest BCUT2D eigenvalue weighted by Gasteiger charge is -2.35. The second-order valence-electron chi connectivity index (χ2n) is 5.76. The Hall–Kier alpha value is -2.30. The molecular weight excluding hydrogens is 303 g/mol. The van der Waals surface area contributed by atoms with E-state index in [2.05, 4.69) is 4.99 Å². The third-order valence-corrected chi connectivity index (χ3v) is 4.24. The Labute approximate surface area is 132 Å². The van der Waals surface area contributed by atoms with Crippen LogP contribution in [0.5, 0.6) is 5.75 Å². The summed E-state index contributed by atoms with van der Waals surface area (Å²) in [6.45, 7) is 1.86. The number of fused-ring (bicyclic) bond motifs is 1. The molecule has 0 saturated heterocycles. The summed E-state index contributed by atoms with van der Waals surface area (Å²) in [5.74, 6) is 0.523. The van der Waals surface area contributed by atoms with Gasteiger partial charge in [-0.3, -0.25) is 4.99 Å². The molecule has 0 saturated carbocycles. The first kappa shape index (κ1) is 15.6. The Bertz CT molecular complexity index is 750. The molecule has 0 spiro atoms. The van der Waals surface area contributed by atoms with Crippen molar-refractivity contribution in [1.82, 2.24) is 0 Å². The quantitative estimate of drug-likeness (QED) is 0.782. The predicted octanol–water partition coefficient (Wildman–Crippen LogP) is 4.76. The van der Waals surface area contributed by atoms with Crippen LogP contribution in [0.1, 0.15) is 16.7 Å². The second kappa shape index (κ2) is 5.41. The number of benzene rings is 2. The van der Waals surface area contributed by atoms with Crippen molar-refractivity contribution in [2.24, 2.45) is 4.99 Å². The SMILES string of the molecule is COc1ccc([C@@]2(C(F)(F)F)C=Nc3ccc(C)cc3C2)cc1. The normalized spacial score (nSPS) is 20.2. The van der Waals surface area contributed by atoms with Crippen LogP contribution in [0.3, 0.4) is 0 Å². The molecule has 1 aliphatic rings. The van der Waals surface area contributed by atoms with Gasteiger partial charge in [-0.1, -0.05) is 29.8 Å². The maximum absolute atomic E-state index is 13.9. The number of aryl methyl sites for hydroxylation is 1. The van der Waals surface area contributed by atoms with Gasteiger partial charge in [0.05, 0.1) is 12.8 Å². The van der Waals surface area contributed by atoms with Gasteiger partial charge in [-0.05, 0) is 42.7 Å². The number of aliphatic imine (C=N–C) groups is 1. The van der Waals surface area contributed by atoms with Gasteiger partial charge in [0.25, 0.3) is 0 Å². The molecule has 1 heterocycles. The van der Waals surface area contributed by atoms with E-state index in [9.17, 15) is 13.2 Å². The lowest BCUT2D eigenvalue weighted by molar-refractivity contribution is -0.168. The van der Waals surface area contributed by atoms with E-state index in [0.29, 0.717) is 17.0 Å². The number of halogens is 3. The molecule has 0 aliphatic carbocycles. The molecule has 5 heteroatoms. The average Bonchev–Trinajstić information content (AvgIpc) is 2.53. The number of ether oxygens (including phenoxy) is 1. The molecule has 0 amide bonds. The van der Waals surface area contributed by atoms with E-state index in [4.69, 9.17) is 4.74 Å². The predicted molar refractivity (Wildman–Crippen MR) is 83.8 cm³/mol. The lowest BCUT2D eigenvalue weighted by Crippen LogP contribution is -2.47. The molecule has 0 aromatic heterocycles. The Morgan fingerprint density at radius 1 is 1.09 bits per heavy atom. The third-order valence-electron chi connectivity index (χ3n) is 4.24. The molecule has 2 aromatic rings. The van der Waals surface area contributed by atoms with E-state index in [-0.39, 0.29) is 12.0 Å². The monoisotopic (exact) mass is 319 g/mol. The largest absolute Gasteiger partial charge is 0.497 e. The summed E-state index contributed by atoms with van der Waals surface area (Å²) in [5, 5.41) is 0. The zero-order valence-electron chi connectivity index (χ0n) is 12.8. The molecule has 2 aromatic carbocycles. The van der Waals surface area contributed by atoms with Crippen molar-refractivity contribution in [2.75, 3.05) is 7.11 Å². The lowest BCUT2D eigenvalue weighted by atomic mass is 9.74. The molecule has 23 heavy (non-hydrogen) atoms. The Balaban J connectivity index is 2.13. The first-order valence-corrected chi connectivity index (χ1v) is 7.22. The zero-order valence-corrected chi connectivity index (χ0v) is 12.8. The van der Waals surface area contributed by atoms with Crippen LogP contribution in [0.25, 0.3) is 0 Å². The van der Waals surface area contributed by atoms with Crippen LogP contribution in [-0.2, 0) is 11.8 Å². The van der Waals surface area contributed by atoms with Crippen LogP contribution < -0.4 is 4.74 Å². The molecule has 0 bridgehead atoms. The molecule has 0 unspecified atom stereocenters. The highest BCUT2D eigenvalue weighted by molar-refractivity contribution is 5.82. The topological polar surface area (TPSA) is 21.6 Å². The second-order valence-corrected chi connectivity index (χ2v) is 5.76. The molecule has 2 nitrogen and oxygen atoms in total. The smallest absolute Gasteiger partial charge is 0.403 e. The third kappa shape index (κ3) is 2.60. The first-order chi connectivity index (χ1) is 10.9. The molecular formula is C18H16F3NO. The Morgan fingerprint density at radius 2 is 1.78 bits per heavy atom. The van der Waals surface area contributed by atoms with Crippen LogP contribution in [0.4, 0.5) is 18.9 Å². The molecule has 0 fully saturated rings. The van der Waals surface area contributed by atoms with Gasteiger partial charge < -0.3 is 4.74 Å². The van der Waals surface area contributed by atoms with Gasteiger partial charge >= 0.3 is 6.18 Å². The Morgan fingerprint density at radius 3 is 2.39 bits per heavy atom. The minimum absolute atomic E-state index is 0.149. The Kier molecular flexibility index (Phi) is 3.66. The number of alkyl halides is 3. The summed E-state index contributed by atoms with van der Waals surface area (Å²) >= 11 is 0. The highest BCUT2D eigenvalue weighted by Crippen LogP contribution is 2.46. The number of methoxy groups -OCH3 is 1. The summed E-state index contributed by atoms with van der Waals surface area (Å²) in [4.78, 5) is 4.10. The highest BCUT2D eigenvalue weighted by atomic mass is 19.4. The molecule has 0 radical (unpaired) electrons. The van der Waals surface area contributed by atoms with Crippen LogP contribution in [0.2, 0.25) is 0 Å². The van der Waals surface area contributed by atoms with Gasteiger partial charge in [0.1, 0.15) is 11.2 Å². The average molecular weight is 319 g/mol.